The number of H-pyrrole nitrogens is 1. The van der Waals surface area contributed by atoms with Crippen molar-refractivity contribution >= 4 is 10.9 Å². The Morgan fingerprint density at radius 2 is 1.89 bits per heavy atom. The van der Waals surface area contributed by atoms with Gasteiger partial charge in [0.2, 0.25) is 0 Å². The minimum atomic E-state index is -0.521. The van der Waals surface area contributed by atoms with Gasteiger partial charge in [0.25, 0.3) is 0 Å². The summed E-state index contributed by atoms with van der Waals surface area (Å²) < 4.78 is 27.2. The van der Waals surface area contributed by atoms with Crippen LogP contribution in [0.1, 0.15) is 35.2 Å². The highest BCUT2D eigenvalue weighted by Gasteiger charge is 2.41. The maximum Gasteiger partial charge on any atom is 0.130 e. The van der Waals surface area contributed by atoms with E-state index < -0.39 is 11.6 Å². The van der Waals surface area contributed by atoms with Gasteiger partial charge in [-0.05, 0) is 49.4 Å². The summed E-state index contributed by atoms with van der Waals surface area (Å²) in [5.74, 6) is -0.976. The van der Waals surface area contributed by atoms with Gasteiger partial charge in [0.05, 0.1) is 5.54 Å². The minimum Gasteiger partial charge on any atom is -0.357 e. The van der Waals surface area contributed by atoms with Gasteiger partial charge in [-0.2, -0.15) is 0 Å². The molecule has 0 amide bonds. The minimum absolute atomic E-state index is 0.0294. The highest BCUT2D eigenvalue weighted by molar-refractivity contribution is 5.86. The molecule has 28 heavy (non-hydrogen) atoms. The summed E-state index contributed by atoms with van der Waals surface area (Å²) in [7, 11) is 0. The molecule has 1 spiro atoms. The molecule has 0 saturated carbocycles. The molecular weight excluding hydrogens is 356 g/mol. The Morgan fingerprint density at radius 3 is 2.68 bits per heavy atom. The number of benzene rings is 2. The molecule has 1 aromatic heterocycles. The first-order valence-corrected chi connectivity index (χ1v) is 10.1. The second kappa shape index (κ2) is 6.68. The molecule has 5 heteroatoms. The summed E-state index contributed by atoms with van der Waals surface area (Å²) in [6, 6.07) is 10.5. The topological polar surface area (TPSA) is 31.1 Å². The first-order valence-electron chi connectivity index (χ1n) is 10.1. The number of nitrogens with zero attached hydrogens (tertiary/aromatic N) is 1. The van der Waals surface area contributed by atoms with E-state index in [0.717, 1.165) is 45.0 Å². The number of aromatic nitrogens is 1. The predicted molar refractivity (Wildman–Crippen MR) is 107 cm³/mol. The number of likely N-dealkylation sites (tertiary alicyclic amines) is 1. The van der Waals surface area contributed by atoms with Gasteiger partial charge in [-0.1, -0.05) is 18.2 Å². The number of hydrogen-bond acceptors (Lipinski definition) is 2. The molecule has 3 heterocycles. The van der Waals surface area contributed by atoms with Crippen LogP contribution in [0.25, 0.3) is 10.9 Å². The largest absolute Gasteiger partial charge is 0.357 e. The maximum absolute atomic E-state index is 14.0. The van der Waals surface area contributed by atoms with E-state index >= 15 is 0 Å². The average molecular weight is 381 g/mol. The Kier molecular flexibility index (Phi) is 4.25. The average Bonchev–Trinajstić information content (AvgIpc) is 3.05. The van der Waals surface area contributed by atoms with Crippen molar-refractivity contribution in [2.45, 2.75) is 38.3 Å². The summed E-state index contributed by atoms with van der Waals surface area (Å²) in [5, 5.41) is 5.13. The number of fused-ring (bicyclic) bond motifs is 4. The molecule has 2 aromatic carbocycles. The molecule has 3 aromatic rings. The second-order valence-corrected chi connectivity index (χ2v) is 8.30. The van der Waals surface area contributed by atoms with Crippen molar-refractivity contribution in [3.63, 3.8) is 0 Å². The second-order valence-electron chi connectivity index (χ2n) is 8.30. The Hall–Kier alpha value is -2.24. The SMILES string of the molecule is Cc1ccc2c3c([nH]c2c1)C1(CCN(Cc2ccc(F)cc2F)CC1)NCC3. The molecule has 2 aliphatic rings. The van der Waals surface area contributed by atoms with Crippen molar-refractivity contribution in [1.82, 2.24) is 15.2 Å². The first kappa shape index (κ1) is 17.8. The third-order valence-electron chi connectivity index (χ3n) is 6.50. The number of halogens is 2. The van der Waals surface area contributed by atoms with Crippen LogP contribution in [-0.2, 0) is 18.5 Å². The Labute approximate surface area is 163 Å². The highest BCUT2D eigenvalue weighted by atomic mass is 19.1. The fourth-order valence-corrected chi connectivity index (χ4v) is 4.96. The third-order valence-corrected chi connectivity index (χ3v) is 6.50. The number of nitrogens with one attached hydrogen (secondary N) is 2. The Bertz CT molecular complexity index is 1030. The van der Waals surface area contributed by atoms with Crippen LogP contribution in [0.15, 0.2) is 36.4 Å². The van der Waals surface area contributed by atoms with Crippen molar-refractivity contribution < 1.29 is 8.78 Å². The van der Waals surface area contributed by atoms with Crippen molar-refractivity contribution in [3.05, 3.63) is 70.4 Å². The monoisotopic (exact) mass is 381 g/mol. The maximum atomic E-state index is 14.0. The van der Waals surface area contributed by atoms with Gasteiger partial charge < -0.3 is 10.3 Å². The van der Waals surface area contributed by atoms with Crippen LogP contribution in [0.5, 0.6) is 0 Å². The number of piperidine rings is 1. The molecule has 1 saturated heterocycles. The smallest absolute Gasteiger partial charge is 0.130 e. The molecule has 0 unspecified atom stereocenters. The molecule has 0 atom stereocenters. The fraction of sp³-hybridized carbons (Fsp3) is 0.391. The zero-order valence-corrected chi connectivity index (χ0v) is 16.1. The highest BCUT2D eigenvalue weighted by Crippen LogP contribution is 2.40. The lowest BCUT2D eigenvalue weighted by atomic mass is 9.79. The number of aromatic amines is 1. The summed E-state index contributed by atoms with van der Waals surface area (Å²) in [4.78, 5) is 5.98. The van der Waals surface area contributed by atoms with Gasteiger partial charge in [-0.3, -0.25) is 4.90 Å². The molecular formula is C23H25F2N3. The van der Waals surface area contributed by atoms with Crippen LogP contribution in [0.2, 0.25) is 0 Å². The normalized spacial score (nSPS) is 19.2. The van der Waals surface area contributed by atoms with E-state index in [1.54, 1.807) is 6.07 Å². The van der Waals surface area contributed by atoms with Crippen LogP contribution in [-0.4, -0.2) is 29.5 Å². The van der Waals surface area contributed by atoms with E-state index in [2.05, 4.69) is 40.3 Å². The summed E-state index contributed by atoms with van der Waals surface area (Å²) >= 11 is 0. The standard InChI is InChI=1S/C23H25F2N3/c1-15-2-5-18-19-6-9-26-23(22(19)27-21(18)12-15)7-10-28(11-8-23)14-16-3-4-17(24)13-20(16)25/h2-5,12-13,26-27H,6-11,14H2,1H3. The number of rotatable bonds is 2. The molecule has 0 aliphatic carbocycles. The summed E-state index contributed by atoms with van der Waals surface area (Å²) in [6.45, 7) is 5.41. The predicted octanol–water partition coefficient (Wildman–Crippen LogP) is 4.39. The lowest BCUT2D eigenvalue weighted by Gasteiger charge is -2.45. The van der Waals surface area contributed by atoms with E-state index in [9.17, 15) is 8.78 Å². The molecule has 3 nitrogen and oxygen atoms in total. The van der Waals surface area contributed by atoms with Crippen LogP contribution in [0.4, 0.5) is 8.78 Å². The quantitative estimate of drug-likeness (QED) is 0.690. The Morgan fingerprint density at radius 1 is 1.07 bits per heavy atom. The van der Waals surface area contributed by atoms with Gasteiger partial charge in [0.1, 0.15) is 11.6 Å². The van der Waals surface area contributed by atoms with Gasteiger partial charge in [-0.15, -0.1) is 0 Å². The van der Waals surface area contributed by atoms with Gasteiger partial charge >= 0.3 is 0 Å². The number of aryl methyl sites for hydroxylation is 1. The third kappa shape index (κ3) is 2.93. The molecule has 0 bridgehead atoms. The lowest BCUT2D eigenvalue weighted by molar-refractivity contribution is 0.120. The van der Waals surface area contributed by atoms with Crippen LogP contribution < -0.4 is 5.32 Å². The molecule has 2 N–H and O–H groups in total. The zero-order valence-electron chi connectivity index (χ0n) is 16.1. The molecule has 5 rings (SSSR count). The van der Waals surface area contributed by atoms with E-state index in [1.165, 1.54) is 33.8 Å². The van der Waals surface area contributed by atoms with E-state index in [-0.39, 0.29) is 5.54 Å². The molecule has 2 aliphatic heterocycles. The molecule has 146 valence electrons. The van der Waals surface area contributed by atoms with Gasteiger partial charge in [0.15, 0.2) is 0 Å². The van der Waals surface area contributed by atoms with Crippen LogP contribution in [0, 0.1) is 18.6 Å². The zero-order chi connectivity index (χ0) is 19.3. The molecule has 0 radical (unpaired) electrons. The number of hydrogen-bond donors (Lipinski definition) is 2. The van der Waals surface area contributed by atoms with Crippen LogP contribution >= 0.6 is 0 Å². The van der Waals surface area contributed by atoms with Gasteiger partial charge in [0, 0.05) is 54.4 Å². The summed E-state index contributed by atoms with van der Waals surface area (Å²) in [5.41, 5.74) is 5.82. The van der Waals surface area contributed by atoms with Gasteiger partial charge in [-0.25, -0.2) is 8.78 Å². The first-order chi connectivity index (χ1) is 13.5. The van der Waals surface area contributed by atoms with Crippen molar-refractivity contribution in [2.75, 3.05) is 19.6 Å². The van der Waals surface area contributed by atoms with Crippen LogP contribution in [0.3, 0.4) is 0 Å². The van der Waals surface area contributed by atoms with Crippen molar-refractivity contribution in [3.8, 4) is 0 Å². The molecule has 1 fully saturated rings. The Balaban J connectivity index is 1.38. The van der Waals surface area contributed by atoms with E-state index in [0.29, 0.717) is 12.1 Å². The lowest BCUT2D eigenvalue weighted by Crippen LogP contribution is -2.54. The van der Waals surface area contributed by atoms with Crippen molar-refractivity contribution in [2.24, 2.45) is 0 Å². The van der Waals surface area contributed by atoms with E-state index in [4.69, 9.17) is 0 Å². The fourth-order valence-electron chi connectivity index (χ4n) is 4.96. The van der Waals surface area contributed by atoms with Crippen molar-refractivity contribution in [1.29, 1.82) is 0 Å². The van der Waals surface area contributed by atoms with E-state index in [1.807, 2.05) is 0 Å². The summed E-state index contributed by atoms with van der Waals surface area (Å²) in [6.07, 6.45) is 3.01.